The second-order valence-electron chi connectivity index (χ2n) is 5.63. The minimum absolute atomic E-state index is 0.00147. The van der Waals surface area contributed by atoms with Crippen molar-refractivity contribution in [1.82, 2.24) is 24.6 Å². The van der Waals surface area contributed by atoms with Crippen LogP contribution in [0.3, 0.4) is 0 Å². The summed E-state index contributed by atoms with van der Waals surface area (Å²) in [6.07, 6.45) is -4.86. The summed E-state index contributed by atoms with van der Waals surface area (Å²) < 4.78 is 85.1. The molecule has 0 amide bonds. The van der Waals surface area contributed by atoms with Gasteiger partial charge in [0.25, 0.3) is 0 Å². The number of nitrogens with zero attached hydrogens (tertiary/aromatic N) is 5. The van der Waals surface area contributed by atoms with E-state index >= 15 is 0 Å². The maximum Gasteiger partial charge on any atom is 0.433 e. The van der Waals surface area contributed by atoms with Gasteiger partial charge in [0, 0.05) is 17.7 Å². The number of alkyl halides is 6. The standard InChI is InChI=1S/C16H7F6N5O.C2H6/c17-15(18,19)10-5-11(16(20,21)22)25-14-9(10)2-3-12-24-8(6-27(12)14)1-4-13-26-23-7-28-13;1-2/h1-7H;1-2H3/b4-1+;. The molecule has 0 bridgehead atoms. The Hall–Kier alpha value is -3.44. The van der Waals surface area contributed by atoms with Crippen molar-refractivity contribution >= 4 is 28.8 Å². The van der Waals surface area contributed by atoms with E-state index in [-0.39, 0.29) is 23.3 Å². The van der Waals surface area contributed by atoms with Gasteiger partial charge in [-0.1, -0.05) is 13.8 Å². The van der Waals surface area contributed by atoms with Gasteiger partial charge in [-0.3, -0.25) is 4.40 Å². The van der Waals surface area contributed by atoms with Crippen molar-refractivity contribution in [1.29, 1.82) is 0 Å². The van der Waals surface area contributed by atoms with Crippen molar-refractivity contribution in [3.05, 3.63) is 53.6 Å². The van der Waals surface area contributed by atoms with Crippen LogP contribution in [-0.4, -0.2) is 24.6 Å². The number of fused-ring (bicyclic) bond motifs is 3. The lowest BCUT2D eigenvalue weighted by Crippen LogP contribution is -2.14. The molecule has 0 N–H and O–H groups in total. The number of hydrogen-bond acceptors (Lipinski definition) is 5. The Bertz CT molecular complexity index is 1190. The number of rotatable bonds is 2. The first-order chi connectivity index (χ1) is 14.1. The molecule has 4 aromatic rings. The number of aromatic nitrogens is 5. The van der Waals surface area contributed by atoms with Crippen LogP contribution in [0.1, 0.15) is 36.7 Å². The van der Waals surface area contributed by atoms with Gasteiger partial charge in [0.1, 0.15) is 17.0 Å². The van der Waals surface area contributed by atoms with Gasteiger partial charge in [-0.25, -0.2) is 9.97 Å². The molecule has 0 aliphatic rings. The quantitative estimate of drug-likeness (QED) is 0.394. The molecule has 12 heteroatoms. The van der Waals surface area contributed by atoms with E-state index in [0.29, 0.717) is 0 Å². The van der Waals surface area contributed by atoms with Gasteiger partial charge in [-0.15, -0.1) is 10.2 Å². The van der Waals surface area contributed by atoms with Crippen LogP contribution >= 0.6 is 0 Å². The Morgan fingerprint density at radius 3 is 2.30 bits per heavy atom. The van der Waals surface area contributed by atoms with Crippen molar-refractivity contribution < 1.29 is 30.8 Å². The van der Waals surface area contributed by atoms with Gasteiger partial charge < -0.3 is 4.42 Å². The lowest BCUT2D eigenvalue weighted by Gasteiger charge is -2.14. The Morgan fingerprint density at radius 1 is 0.967 bits per heavy atom. The van der Waals surface area contributed by atoms with Crippen molar-refractivity contribution in [2.75, 3.05) is 0 Å². The van der Waals surface area contributed by atoms with E-state index in [1.807, 2.05) is 13.8 Å². The molecule has 0 aliphatic carbocycles. The van der Waals surface area contributed by atoms with Crippen LogP contribution in [0.25, 0.3) is 28.8 Å². The zero-order valence-electron chi connectivity index (χ0n) is 15.5. The predicted molar refractivity (Wildman–Crippen MR) is 95.1 cm³/mol. The molecule has 4 heterocycles. The van der Waals surface area contributed by atoms with Gasteiger partial charge >= 0.3 is 12.4 Å². The summed E-state index contributed by atoms with van der Waals surface area (Å²) in [5.41, 5.74) is -3.21. The molecular weight excluding hydrogens is 416 g/mol. The van der Waals surface area contributed by atoms with Gasteiger partial charge in [-0.2, -0.15) is 26.3 Å². The molecular formula is C18H13F6N5O. The third-order valence-electron chi connectivity index (χ3n) is 3.79. The highest BCUT2D eigenvalue weighted by molar-refractivity contribution is 5.83. The summed E-state index contributed by atoms with van der Waals surface area (Å²) in [5, 5.41) is 6.60. The molecule has 0 atom stereocenters. The maximum atomic E-state index is 13.3. The molecule has 6 nitrogen and oxygen atoms in total. The van der Waals surface area contributed by atoms with Crippen molar-refractivity contribution in [3.8, 4) is 0 Å². The molecule has 0 aliphatic heterocycles. The Morgan fingerprint density at radius 2 is 1.70 bits per heavy atom. The maximum absolute atomic E-state index is 13.3. The minimum atomic E-state index is -5.04. The lowest BCUT2D eigenvalue weighted by molar-refractivity contribution is -0.144. The molecule has 0 saturated heterocycles. The monoisotopic (exact) mass is 429 g/mol. The van der Waals surface area contributed by atoms with E-state index in [0.717, 1.165) is 16.9 Å². The third-order valence-corrected chi connectivity index (χ3v) is 3.79. The summed E-state index contributed by atoms with van der Waals surface area (Å²) in [6.45, 7) is 4.00. The molecule has 0 spiro atoms. The van der Waals surface area contributed by atoms with Gasteiger partial charge in [0.15, 0.2) is 0 Å². The summed E-state index contributed by atoms with van der Waals surface area (Å²) >= 11 is 0. The fraction of sp³-hybridized carbons (Fsp3) is 0.222. The lowest BCUT2D eigenvalue weighted by atomic mass is 10.1. The van der Waals surface area contributed by atoms with Gasteiger partial charge in [-0.05, 0) is 24.3 Å². The molecule has 158 valence electrons. The molecule has 30 heavy (non-hydrogen) atoms. The zero-order chi connectivity index (χ0) is 22.1. The van der Waals surface area contributed by atoms with E-state index in [2.05, 4.69) is 20.2 Å². The molecule has 0 unspecified atom stereocenters. The predicted octanol–water partition coefficient (Wildman–Crippen LogP) is 5.50. The van der Waals surface area contributed by atoms with Gasteiger partial charge in [0.05, 0.1) is 11.3 Å². The van der Waals surface area contributed by atoms with E-state index in [1.54, 1.807) is 0 Å². The second kappa shape index (κ2) is 7.76. The van der Waals surface area contributed by atoms with Crippen molar-refractivity contribution in [2.45, 2.75) is 26.2 Å². The first-order valence-electron chi connectivity index (χ1n) is 8.54. The van der Waals surface area contributed by atoms with Crippen LogP contribution in [0.4, 0.5) is 26.3 Å². The van der Waals surface area contributed by atoms with Crippen LogP contribution in [-0.2, 0) is 12.4 Å². The number of pyridine rings is 2. The van der Waals surface area contributed by atoms with Crippen LogP contribution in [0.15, 0.2) is 35.2 Å². The average Bonchev–Trinajstić information content (AvgIpc) is 3.34. The fourth-order valence-electron chi connectivity index (χ4n) is 2.62. The highest BCUT2D eigenvalue weighted by Crippen LogP contribution is 2.38. The first-order valence-corrected chi connectivity index (χ1v) is 8.54. The smallest absolute Gasteiger partial charge is 0.424 e. The molecule has 4 rings (SSSR count). The van der Waals surface area contributed by atoms with E-state index in [4.69, 9.17) is 4.42 Å². The fourth-order valence-corrected chi connectivity index (χ4v) is 2.62. The summed E-state index contributed by atoms with van der Waals surface area (Å²) in [6, 6.07) is 2.30. The number of hydrogen-bond donors (Lipinski definition) is 0. The molecule has 0 saturated carbocycles. The van der Waals surface area contributed by atoms with E-state index in [9.17, 15) is 26.3 Å². The molecule has 0 aromatic carbocycles. The normalized spacial score (nSPS) is 12.5. The Balaban J connectivity index is 0.00000124. The van der Waals surface area contributed by atoms with Crippen LogP contribution < -0.4 is 0 Å². The highest BCUT2D eigenvalue weighted by Gasteiger charge is 2.39. The van der Waals surface area contributed by atoms with Gasteiger partial charge in [0.2, 0.25) is 12.3 Å². The van der Waals surface area contributed by atoms with Crippen LogP contribution in [0, 0.1) is 0 Å². The molecule has 4 aromatic heterocycles. The summed E-state index contributed by atoms with van der Waals surface area (Å²) in [7, 11) is 0. The number of imidazole rings is 1. The SMILES string of the molecule is CC.FC(F)(F)c1cc(C(F)(F)F)c2ccc3nc(/C=C/c4nnco4)cn3c2n1. The van der Waals surface area contributed by atoms with Crippen LogP contribution in [0.5, 0.6) is 0 Å². The highest BCUT2D eigenvalue weighted by atomic mass is 19.4. The first kappa shape index (κ1) is 21.3. The summed E-state index contributed by atoms with van der Waals surface area (Å²) in [4.78, 5) is 7.53. The Kier molecular flexibility index (Phi) is 5.51. The van der Waals surface area contributed by atoms with E-state index in [1.165, 1.54) is 24.4 Å². The zero-order valence-corrected chi connectivity index (χ0v) is 15.5. The third kappa shape index (κ3) is 4.11. The van der Waals surface area contributed by atoms with Crippen molar-refractivity contribution in [2.24, 2.45) is 0 Å². The second-order valence-corrected chi connectivity index (χ2v) is 5.63. The average molecular weight is 429 g/mol. The molecule has 0 fully saturated rings. The van der Waals surface area contributed by atoms with Crippen molar-refractivity contribution in [3.63, 3.8) is 0 Å². The summed E-state index contributed by atoms with van der Waals surface area (Å²) in [5.74, 6) is 0.152. The Labute approximate surface area is 164 Å². The molecule has 0 radical (unpaired) electrons. The topological polar surface area (TPSA) is 69.1 Å². The largest absolute Gasteiger partial charge is 0.433 e. The van der Waals surface area contributed by atoms with E-state index < -0.39 is 34.6 Å². The van der Waals surface area contributed by atoms with Crippen LogP contribution in [0.2, 0.25) is 0 Å². The number of halogens is 6. The minimum Gasteiger partial charge on any atom is -0.424 e.